The molecule has 0 amide bonds. The van der Waals surface area contributed by atoms with Crippen LogP contribution in [0, 0.1) is 0 Å². The van der Waals surface area contributed by atoms with E-state index in [1.54, 1.807) is 6.92 Å². The maximum Gasteiger partial charge on any atom is 0.212 e. The van der Waals surface area contributed by atoms with Gasteiger partial charge < -0.3 is 5.11 Å². The van der Waals surface area contributed by atoms with Gasteiger partial charge in [-0.05, 0) is 35.6 Å². The fourth-order valence-electron chi connectivity index (χ4n) is 2.97. The van der Waals surface area contributed by atoms with E-state index < -0.39 is 15.6 Å². The maximum atomic E-state index is 12.3. The Morgan fingerprint density at radius 3 is 1.96 bits per heavy atom. The van der Waals surface area contributed by atoms with E-state index in [0.717, 1.165) is 16.7 Å². The van der Waals surface area contributed by atoms with Crippen LogP contribution < -0.4 is 4.72 Å². The van der Waals surface area contributed by atoms with E-state index in [2.05, 4.69) is 4.72 Å². The lowest BCUT2D eigenvalue weighted by Crippen LogP contribution is -2.39. The molecule has 0 fully saturated rings. The molecule has 0 saturated carbocycles. The molecule has 0 bridgehead atoms. The van der Waals surface area contributed by atoms with Crippen LogP contribution in [0.3, 0.4) is 0 Å². The van der Waals surface area contributed by atoms with Crippen molar-refractivity contribution < 1.29 is 13.5 Å². The summed E-state index contributed by atoms with van der Waals surface area (Å²) in [6.07, 6.45) is 0.435. The molecule has 0 aliphatic rings. The van der Waals surface area contributed by atoms with Crippen molar-refractivity contribution in [2.45, 2.75) is 18.9 Å². The van der Waals surface area contributed by atoms with Crippen LogP contribution in [-0.4, -0.2) is 25.8 Å². The molecule has 4 nitrogen and oxygen atoms in total. The molecule has 146 valence electrons. The Morgan fingerprint density at radius 2 is 1.36 bits per heavy atom. The zero-order valence-corrected chi connectivity index (χ0v) is 16.7. The van der Waals surface area contributed by atoms with Crippen LogP contribution in [0.15, 0.2) is 84.9 Å². The van der Waals surface area contributed by atoms with E-state index in [1.807, 2.05) is 84.9 Å². The summed E-state index contributed by atoms with van der Waals surface area (Å²) >= 11 is 0. The van der Waals surface area contributed by atoms with E-state index in [4.69, 9.17) is 0 Å². The van der Waals surface area contributed by atoms with Crippen LogP contribution in [0.2, 0.25) is 0 Å². The normalized spacial score (nSPS) is 13.8. The standard InChI is InChI=1S/C23H25NO3S/c1-23(25,18-24-28(26,27)17-16-19-8-4-2-5-9-19)22-14-12-21(13-15-22)20-10-6-3-7-11-20/h2-15,24-25H,16-18H2,1H3. The van der Waals surface area contributed by atoms with Gasteiger partial charge in [0, 0.05) is 6.54 Å². The van der Waals surface area contributed by atoms with Gasteiger partial charge in [-0.2, -0.15) is 0 Å². The molecule has 0 aromatic heterocycles. The number of aryl methyl sites for hydroxylation is 1. The molecule has 0 heterocycles. The van der Waals surface area contributed by atoms with Gasteiger partial charge in [-0.15, -0.1) is 0 Å². The molecule has 3 rings (SSSR count). The van der Waals surface area contributed by atoms with Gasteiger partial charge in [0.15, 0.2) is 0 Å². The first-order valence-corrected chi connectivity index (χ1v) is 10.9. The molecule has 0 radical (unpaired) electrons. The Hall–Kier alpha value is -2.47. The fourth-order valence-corrected chi connectivity index (χ4v) is 4.12. The van der Waals surface area contributed by atoms with E-state index in [9.17, 15) is 13.5 Å². The van der Waals surface area contributed by atoms with Gasteiger partial charge in [-0.25, -0.2) is 13.1 Å². The second-order valence-electron chi connectivity index (χ2n) is 7.09. The third-order valence-corrected chi connectivity index (χ3v) is 6.08. The van der Waals surface area contributed by atoms with Crippen molar-refractivity contribution in [2.24, 2.45) is 0 Å². The molecule has 1 atom stereocenters. The van der Waals surface area contributed by atoms with Crippen LogP contribution in [0.1, 0.15) is 18.1 Å². The van der Waals surface area contributed by atoms with Crippen LogP contribution in [0.5, 0.6) is 0 Å². The minimum atomic E-state index is -3.48. The van der Waals surface area contributed by atoms with Crippen molar-refractivity contribution >= 4 is 10.0 Å². The average molecular weight is 396 g/mol. The Balaban J connectivity index is 1.61. The summed E-state index contributed by atoms with van der Waals surface area (Å²) in [5.41, 5.74) is 2.47. The number of nitrogens with one attached hydrogen (secondary N) is 1. The maximum absolute atomic E-state index is 12.3. The summed E-state index contributed by atoms with van der Waals surface area (Å²) in [7, 11) is -3.48. The third-order valence-electron chi connectivity index (χ3n) is 4.75. The molecule has 0 saturated heterocycles. The Morgan fingerprint density at radius 1 is 0.821 bits per heavy atom. The minimum absolute atomic E-state index is 0.0139. The molecule has 3 aromatic carbocycles. The Bertz CT molecular complexity index is 983. The van der Waals surface area contributed by atoms with E-state index in [0.29, 0.717) is 12.0 Å². The summed E-state index contributed by atoms with van der Waals surface area (Å²) in [4.78, 5) is 0. The number of rotatable bonds is 8. The molecular formula is C23H25NO3S. The van der Waals surface area contributed by atoms with Crippen molar-refractivity contribution in [1.29, 1.82) is 0 Å². The van der Waals surface area contributed by atoms with Gasteiger partial charge in [0.05, 0.1) is 5.75 Å². The summed E-state index contributed by atoms with van der Waals surface area (Å²) in [6.45, 7) is 1.54. The predicted molar refractivity (Wildman–Crippen MR) is 113 cm³/mol. The second-order valence-corrected chi connectivity index (χ2v) is 9.02. The van der Waals surface area contributed by atoms with Crippen molar-refractivity contribution in [3.8, 4) is 11.1 Å². The van der Waals surface area contributed by atoms with Crippen LogP contribution in [0.25, 0.3) is 11.1 Å². The molecule has 0 aliphatic carbocycles. The van der Waals surface area contributed by atoms with Crippen molar-refractivity contribution in [2.75, 3.05) is 12.3 Å². The average Bonchev–Trinajstić information content (AvgIpc) is 2.73. The van der Waals surface area contributed by atoms with Gasteiger partial charge in [-0.1, -0.05) is 84.9 Å². The first-order valence-electron chi connectivity index (χ1n) is 9.25. The topological polar surface area (TPSA) is 66.4 Å². The molecule has 28 heavy (non-hydrogen) atoms. The van der Waals surface area contributed by atoms with Gasteiger partial charge in [0.25, 0.3) is 0 Å². The highest BCUT2D eigenvalue weighted by Gasteiger charge is 2.25. The zero-order chi connectivity index (χ0) is 20.0. The minimum Gasteiger partial charge on any atom is -0.384 e. The molecule has 0 spiro atoms. The largest absolute Gasteiger partial charge is 0.384 e. The number of hydrogen-bond donors (Lipinski definition) is 2. The monoisotopic (exact) mass is 395 g/mol. The molecule has 0 aliphatic heterocycles. The smallest absolute Gasteiger partial charge is 0.212 e. The van der Waals surface area contributed by atoms with E-state index >= 15 is 0 Å². The van der Waals surface area contributed by atoms with Crippen molar-refractivity contribution in [3.05, 3.63) is 96.1 Å². The van der Waals surface area contributed by atoms with Gasteiger partial charge >= 0.3 is 0 Å². The highest BCUT2D eigenvalue weighted by atomic mass is 32.2. The SMILES string of the molecule is CC(O)(CNS(=O)(=O)CCc1ccccc1)c1ccc(-c2ccccc2)cc1. The van der Waals surface area contributed by atoms with E-state index in [-0.39, 0.29) is 12.3 Å². The molecular weight excluding hydrogens is 370 g/mol. The summed E-state index contributed by atoms with van der Waals surface area (Å²) in [5, 5.41) is 10.8. The highest BCUT2D eigenvalue weighted by molar-refractivity contribution is 7.89. The zero-order valence-electron chi connectivity index (χ0n) is 15.9. The summed E-state index contributed by atoms with van der Waals surface area (Å²) < 4.78 is 27.1. The summed E-state index contributed by atoms with van der Waals surface area (Å²) in [5.74, 6) is -0.0139. The Kier molecular flexibility index (Phi) is 6.29. The lowest BCUT2D eigenvalue weighted by Gasteiger charge is -2.24. The van der Waals surface area contributed by atoms with E-state index in [1.165, 1.54) is 0 Å². The predicted octanol–water partition coefficient (Wildman–Crippen LogP) is 3.72. The molecule has 5 heteroatoms. The molecule has 2 N–H and O–H groups in total. The fraction of sp³-hybridized carbons (Fsp3) is 0.217. The lowest BCUT2D eigenvalue weighted by atomic mass is 9.94. The Labute approximate surface area is 166 Å². The summed E-state index contributed by atoms with van der Waals surface area (Å²) in [6, 6.07) is 27.0. The second kappa shape index (κ2) is 8.69. The molecule has 3 aromatic rings. The lowest BCUT2D eigenvalue weighted by molar-refractivity contribution is 0.0628. The number of benzene rings is 3. The first kappa shape index (κ1) is 20.3. The van der Waals surface area contributed by atoms with Gasteiger partial charge in [-0.3, -0.25) is 0 Å². The highest BCUT2D eigenvalue weighted by Crippen LogP contribution is 2.25. The van der Waals surface area contributed by atoms with Crippen LogP contribution in [0.4, 0.5) is 0 Å². The number of hydrogen-bond acceptors (Lipinski definition) is 3. The molecule has 1 unspecified atom stereocenters. The van der Waals surface area contributed by atoms with Crippen molar-refractivity contribution in [1.82, 2.24) is 4.72 Å². The first-order chi connectivity index (χ1) is 13.4. The van der Waals surface area contributed by atoms with Crippen molar-refractivity contribution in [3.63, 3.8) is 0 Å². The third kappa shape index (κ3) is 5.52. The van der Waals surface area contributed by atoms with Crippen LogP contribution in [-0.2, 0) is 22.0 Å². The van der Waals surface area contributed by atoms with Crippen LogP contribution >= 0.6 is 0 Å². The number of aliphatic hydroxyl groups is 1. The van der Waals surface area contributed by atoms with Gasteiger partial charge in [0.2, 0.25) is 10.0 Å². The van der Waals surface area contributed by atoms with Gasteiger partial charge in [0.1, 0.15) is 5.60 Å². The quantitative estimate of drug-likeness (QED) is 0.611. The number of sulfonamides is 1.